The second-order valence-electron chi connectivity index (χ2n) is 5.59. The topological polar surface area (TPSA) is 59.2 Å². The van der Waals surface area contributed by atoms with Crippen molar-refractivity contribution in [2.45, 2.75) is 6.04 Å². The molecule has 5 heteroatoms. The summed E-state index contributed by atoms with van der Waals surface area (Å²) in [6.45, 7) is 0.525. The molecule has 0 amide bonds. The Morgan fingerprint density at radius 2 is 1.56 bits per heavy atom. The van der Waals surface area contributed by atoms with Crippen LogP contribution in [0, 0.1) is 0 Å². The smallest absolute Gasteiger partial charge is 0.236 e. The molecule has 4 rings (SSSR count). The number of hydrogen-bond acceptors (Lipinski definition) is 5. The Bertz CT molecular complexity index is 907. The maximum atomic E-state index is 5.74. The van der Waals surface area contributed by atoms with Crippen LogP contribution >= 0.6 is 0 Å². The van der Waals surface area contributed by atoms with Gasteiger partial charge < -0.3 is 4.74 Å². The molecule has 0 N–H and O–H groups in total. The lowest BCUT2D eigenvalue weighted by Crippen LogP contribution is -2.03. The lowest BCUT2D eigenvalue weighted by Gasteiger charge is -2.03. The highest BCUT2D eigenvalue weighted by atomic mass is 16.5. The second-order valence-corrected chi connectivity index (χ2v) is 5.59. The summed E-state index contributed by atoms with van der Waals surface area (Å²) in [6.07, 6.45) is 0. The van der Waals surface area contributed by atoms with Crippen molar-refractivity contribution in [3.63, 3.8) is 0 Å². The van der Waals surface area contributed by atoms with E-state index in [-0.39, 0.29) is 6.04 Å². The third-order valence-electron chi connectivity index (χ3n) is 3.81. The largest absolute Gasteiger partial charge is 0.474 e. The van der Waals surface area contributed by atoms with Crippen LogP contribution in [0.1, 0.15) is 17.3 Å². The van der Waals surface area contributed by atoms with Gasteiger partial charge in [0.05, 0.1) is 5.69 Å². The van der Waals surface area contributed by atoms with Crippen LogP contribution in [-0.4, -0.2) is 17.5 Å². The number of hydrogen-bond donors (Lipinski definition) is 0. The molecule has 0 fully saturated rings. The molecule has 2 aromatic carbocycles. The fourth-order valence-electron chi connectivity index (χ4n) is 2.56. The Balaban J connectivity index is 1.55. The third kappa shape index (κ3) is 3.61. The molecular formula is C20H16N4O. The SMILES string of the molecule is c1ccc(N=Nc2cccc(C3=N[C@@H](c4ccccc4)CO3)n2)cc1. The van der Waals surface area contributed by atoms with Crippen molar-refractivity contribution in [1.82, 2.24) is 4.98 Å². The van der Waals surface area contributed by atoms with Gasteiger partial charge in [-0.1, -0.05) is 54.6 Å². The highest BCUT2D eigenvalue weighted by Gasteiger charge is 2.22. The minimum atomic E-state index is 0.00704. The molecule has 0 saturated carbocycles. The van der Waals surface area contributed by atoms with Crippen LogP contribution in [0.25, 0.3) is 0 Å². The van der Waals surface area contributed by atoms with E-state index in [1.165, 1.54) is 0 Å². The van der Waals surface area contributed by atoms with Gasteiger partial charge in [0, 0.05) is 0 Å². The van der Waals surface area contributed by atoms with Gasteiger partial charge in [0.2, 0.25) is 5.90 Å². The van der Waals surface area contributed by atoms with E-state index in [1.54, 1.807) is 6.07 Å². The standard InChI is InChI=1S/C20H16N4O/c1-3-8-15(9-4-1)18-14-25-20(22-18)17-12-7-13-19(21-17)24-23-16-10-5-2-6-11-16/h1-13,18H,14H2/t18-/m1/s1. The first-order valence-corrected chi connectivity index (χ1v) is 8.08. The number of aliphatic imine (C=N–C) groups is 1. The van der Waals surface area contributed by atoms with Crippen molar-refractivity contribution in [2.24, 2.45) is 15.2 Å². The molecule has 122 valence electrons. The van der Waals surface area contributed by atoms with E-state index in [0.717, 1.165) is 11.3 Å². The first kappa shape index (κ1) is 15.2. The third-order valence-corrected chi connectivity index (χ3v) is 3.81. The quantitative estimate of drug-likeness (QED) is 0.632. The molecular weight excluding hydrogens is 312 g/mol. The molecule has 25 heavy (non-hydrogen) atoms. The lowest BCUT2D eigenvalue weighted by molar-refractivity contribution is 0.319. The summed E-state index contributed by atoms with van der Waals surface area (Å²) in [4.78, 5) is 9.13. The zero-order chi connectivity index (χ0) is 16.9. The van der Waals surface area contributed by atoms with E-state index in [9.17, 15) is 0 Å². The van der Waals surface area contributed by atoms with Gasteiger partial charge in [0.25, 0.3) is 0 Å². The summed E-state index contributed by atoms with van der Waals surface area (Å²) in [7, 11) is 0. The van der Waals surface area contributed by atoms with Crippen LogP contribution in [0.5, 0.6) is 0 Å². The molecule has 0 saturated heterocycles. The van der Waals surface area contributed by atoms with Crippen molar-refractivity contribution in [2.75, 3.05) is 6.61 Å². The minimum absolute atomic E-state index is 0.00704. The maximum absolute atomic E-state index is 5.74. The first-order valence-electron chi connectivity index (χ1n) is 8.08. The highest BCUT2D eigenvalue weighted by molar-refractivity contribution is 5.93. The Morgan fingerprint density at radius 1 is 0.800 bits per heavy atom. The monoisotopic (exact) mass is 328 g/mol. The number of benzene rings is 2. The highest BCUT2D eigenvalue weighted by Crippen LogP contribution is 2.25. The molecule has 1 aliphatic heterocycles. The number of nitrogens with zero attached hydrogens (tertiary/aromatic N) is 4. The van der Waals surface area contributed by atoms with Crippen LogP contribution in [0.3, 0.4) is 0 Å². The molecule has 1 atom stereocenters. The molecule has 0 bridgehead atoms. The van der Waals surface area contributed by atoms with Crippen LogP contribution in [0.2, 0.25) is 0 Å². The van der Waals surface area contributed by atoms with Crippen LogP contribution < -0.4 is 0 Å². The van der Waals surface area contributed by atoms with Gasteiger partial charge in [0.1, 0.15) is 18.3 Å². The van der Waals surface area contributed by atoms with Gasteiger partial charge >= 0.3 is 0 Å². The predicted molar refractivity (Wildman–Crippen MR) is 96.5 cm³/mol. The van der Waals surface area contributed by atoms with E-state index < -0.39 is 0 Å². The molecule has 1 aromatic heterocycles. The molecule has 5 nitrogen and oxygen atoms in total. The Labute approximate surface area is 145 Å². The van der Waals surface area contributed by atoms with Gasteiger partial charge in [0.15, 0.2) is 5.82 Å². The zero-order valence-electron chi connectivity index (χ0n) is 13.5. The molecule has 1 aliphatic rings. The predicted octanol–water partition coefficient (Wildman–Crippen LogP) is 5.02. The van der Waals surface area contributed by atoms with Gasteiger partial charge in [-0.2, -0.15) is 0 Å². The number of rotatable bonds is 4. The van der Waals surface area contributed by atoms with E-state index >= 15 is 0 Å². The summed E-state index contributed by atoms with van der Waals surface area (Å²) in [5.41, 5.74) is 2.59. The number of pyridine rings is 1. The van der Waals surface area contributed by atoms with Crippen molar-refractivity contribution in [1.29, 1.82) is 0 Å². The van der Waals surface area contributed by atoms with Gasteiger partial charge in [-0.05, 0) is 29.8 Å². The van der Waals surface area contributed by atoms with Crippen molar-refractivity contribution < 1.29 is 4.74 Å². The number of aromatic nitrogens is 1. The van der Waals surface area contributed by atoms with E-state index in [4.69, 9.17) is 4.74 Å². The fourth-order valence-corrected chi connectivity index (χ4v) is 2.56. The number of ether oxygens (including phenoxy) is 1. The van der Waals surface area contributed by atoms with Crippen molar-refractivity contribution in [3.8, 4) is 0 Å². The van der Waals surface area contributed by atoms with Crippen molar-refractivity contribution in [3.05, 3.63) is 90.1 Å². The van der Waals surface area contributed by atoms with Crippen LogP contribution in [0.4, 0.5) is 11.5 Å². The number of azo groups is 1. The molecule has 3 aromatic rings. The van der Waals surface area contributed by atoms with E-state index in [2.05, 4.69) is 32.3 Å². The summed E-state index contributed by atoms with van der Waals surface area (Å²) in [5, 5.41) is 8.38. The summed E-state index contributed by atoms with van der Waals surface area (Å²) in [6, 6.07) is 25.2. The second kappa shape index (κ2) is 7.05. The van der Waals surface area contributed by atoms with Gasteiger partial charge in [-0.25, -0.2) is 9.98 Å². The van der Waals surface area contributed by atoms with Crippen molar-refractivity contribution >= 4 is 17.4 Å². The summed E-state index contributed by atoms with van der Waals surface area (Å²) < 4.78 is 5.74. The normalized spacial score (nSPS) is 16.6. The minimum Gasteiger partial charge on any atom is -0.474 e. The van der Waals surface area contributed by atoms with Crippen LogP contribution in [0.15, 0.2) is 94.1 Å². The Morgan fingerprint density at radius 3 is 2.36 bits per heavy atom. The summed E-state index contributed by atoms with van der Waals surface area (Å²) >= 11 is 0. The molecule has 0 aliphatic carbocycles. The lowest BCUT2D eigenvalue weighted by atomic mass is 10.1. The first-order chi connectivity index (χ1) is 12.4. The molecule has 2 heterocycles. The molecule has 0 spiro atoms. The fraction of sp³-hybridized carbons (Fsp3) is 0.100. The van der Waals surface area contributed by atoms with Gasteiger partial charge in [-0.15, -0.1) is 10.2 Å². The average molecular weight is 328 g/mol. The Kier molecular flexibility index (Phi) is 4.29. The Hall–Kier alpha value is -3.34. The van der Waals surface area contributed by atoms with Crippen LogP contribution in [-0.2, 0) is 4.74 Å². The van der Waals surface area contributed by atoms with Gasteiger partial charge in [-0.3, -0.25) is 0 Å². The summed E-state index contributed by atoms with van der Waals surface area (Å²) in [5.74, 6) is 1.07. The van der Waals surface area contributed by atoms with E-state index in [0.29, 0.717) is 24.0 Å². The molecule has 0 unspecified atom stereocenters. The molecule has 0 radical (unpaired) electrons. The average Bonchev–Trinajstić information content (AvgIpc) is 3.18. The zero-order valence-corrected chi connectivity index (χ0v) is 13.5. The van der Waals surface area contributed by atoms with E-state index in [1.807, 2.05) is 60.7 Å². The maximum Gasteiger partial charge on any atom is 0.236 e.